The molecule has 0 bridgehead atoms. The fourth-order valence-electron chi connectivity index (χ4n) is 3.13. The van der Waals surface area contributed by atoms with Crippen molar-refractivity contribution in [2.24, 2.45) is 0 Å². The van der Waals surface area contributed by atoms with Crippen LogP contribution in [0.1, 0.15) is 37.1 Å². The normalized spacial score (nSPS) is 17.8. The van der Waals surface area contributed by atoms with Crippen LogP contribution in [0.15, 0.2) is 24.5 Å². The number of anilines is 1. The number of likely N-dealkylation sites (tertiary alicyclic amines) is 1. The molecule has 128 valence electrons. The van der Waals surface area contributed by atoms with Crippen molar-refractivity contribution in [2.45, 2.75) is 39.2 Å². The Hall–Kier alpha value is -2.08. The molecule has 6 nitrogen and oxygen atoms in total. The van der Waals surface area contributed by atoms with Crippen molar-refractivity contribution in [2.75, 3.05) is 18.4 Å². The molecular formula is C17H22ClN5O. The Bertz CT molecular complexity index is 730. The number of hydrogen-bond acceptors (Lipinski definition) is 3. The van der Waals surface area contributed by atoms with Crippen LogP contribution in [-0.4, -0.2) is 38.8 Å². The number of aromatic nitrogens is 3. The van der Waals surface area contributed by atoms with Gasteiger partial charge < -0.3 is 14.8 Å². The number of rotatable bonds is 3. The van der Waals surface area contributed by atoms with E-state index in [1.165, 1.54) is 0 Å². The molecular weight excluding hydrogens is 326 g/mol. The average Bonchev–Trinajstić information content (AvgIpc) is 3.07. The summed E-state index contributed by atoms with van der Waals surface area (Å²) in [6.07, 6.45) is 3.73. The Morgan fingerprint density at radius 3 is 3.08 bits per heavy atom. The molecule has 1 aliphatic rings. The Kier molecular flexibility index (Phi) is 5.04. The highest BCUT2D eigenvalue weighted by Gasteiger charge is 2.28. The lowest BCUT2D eigenvalue weighted by molar-refractivity contribution is 0.190. The summed E-state index contributed by atoms with van der Waals surface area (Å²) >= 11 is 6.17. The second kappa shape index (κ2) is 7.21. The zero-order valence-corrected chi connectivity index (χ0v) is 14.8. The van der Waals surface area contributed by atoms with Gasteiger partial charge >= 0.3 is 6.03 Å². The number of hydrogen-bond donors (Lipinski definition) is 1. The molecule has 1 saturated heterocycles. The van der Waals surface area contributed by atoms with Gasteiger partial charge in [-0.2, -0.15) is 0 Å². The SMILES string of the molecule is CCn1cnnc1[C@@H]1CCCN(C(=O)Nc2cc(C)ccc2Cl)C1. The van der Waals surface area contributed by atoms with Crippen LogP contribution >= 0.6 is 11.6 Å². The predicted molar refractivity (Wildman–Crippen MR) is 94.5 cm³/mol. The van der Waals surface area contributed by atoms with Crippen molar-refractivity contribution in [3.63, 3.8) is 0 Å². The molecule has 2 aromatic rings. The van der Waals surface area contributed by atoms with Crippen molar-refractivity contribution in [3.8, 4) is 0 Å². The second-order valence-corrected chi connectivity index (χ2v) is 6.58. The Labute approximate surface area is 146 Å². The van der Waals surface area contributed by atoms with Crippen LogP contribution in [0.5, 0.6) is 0 Å². The summed E-state index contributed by atoms with van der Waals surface area (Å²) in [5.74, 6) is 1.18. The average molecular weight is 348 g/mol. The summed E-state index contributed by atoms with van der Waals surface area (Å²) in [6.45, 7) is 6.27. The Morgan fingerprint density at radius 1 is 1.46 bits per heavy atom. The molecule has 1 aromatic carbocycles. The van der Waals surface area contributed by atoms with Gasteiger partial charge in [-0.25, -0.2) is 4.79 Å². The number of amides is 2. The molecule has 2 amide bonds. The fraction of sp³-hybridized carbons (Fsp3) is 0.471. The zero-order chi connectivity index (χ0) is 17.1. The molecule has 0 unspecified atom stereocenters. The van der Waals surface area contributed by atoms with Gasteiger partial charge in [0.2, 0.25) is 0 Å². The fourth-order valence-corrected chi connectivity index (χ4v) is 3.29. The van der Waals surface area contributed by atoms with Crippen LogP contribution in [0.3, 0.4) is 0 Å². The smallest absolute Gasteiger partial charge is 0.321 e. The molecule has 2 heterocycles. The molecule has 7 heteroatoms. The Balaban J connectivity index is 1.70. The van der Waals surface area contributed by atoms with Gasteiger partial charge in [0.05, 0.1) is 10.7 Å². The molecule has 1 aliphatic heterocycles. The monoisotopic (exact) mass is 347 g/mol. The maximum Gasteiger partial charge on any atom is 0.321 e. The first-order valence-electron chi connectivity index (χ1n) is 8.28. The first kappa shape index (κ1) is 16.8. The molecule has 1 fully saturated rings. The van der Waals surface area contributed by atoms with E-state index >= 15 is 0 Å². The van der Waals surface area contributed by atoms with E-state index in [0.29, 0.717) is 17.3 Å². The van der Waals surface area contributed by atoms with Crippen LogP contribution in [0, 0.1) is 6.92 Å². The summed E-state index contributed by atoms with van der Waals surface area (Å²) in [4.78, 5) is 14.4. The van der Waals surface area contributed by atoms with E-state index in [9.17, 15) is 4.79 Å². The summed E-state index contributed by atoms with van der Waals surface area (Å²) in [7, 11) is 0. The molecule has 3 rings (SSSR count). The van der Waals surface area contributed by atoms with Crippen LogP contribution in [-0.2, 0) is 6.54 Å². The standard InChI is InChI=1S/C17H22ClN5O/c1-3-22-11-19-21-16(22)13-5-4-8-23(10-13)17(24)20-15-9-12(2)6-7-14(15)18/h6-7,9,11,13H,3-5,8,10H2,1-2H3,(H,20,24)/t13-/m1/s1. The van der Waals surface area contributed by atoms with Crippen LogP contribution in [0.25, 0.3) is 0 Å². The maximum atomic E-state index is 12.6. The molecule has 0 aliphatic carbocycles. The van der Waals surface area contributed by atoms with E-state index in [0.717, 1.165) is 37.3 Å². The first-order valence-corrected chi connectivity index (χ1v) is 8.66. The zero-order valence-electron chi connectivity index (χ0n) is 14.0. The van der Waals surface area contributed by atoms with Crippen LogP contribution in [0.4, 0.5) is 10.5 Å². The summed E-state index contributed by atoms with van der Waals surface area (Å²) in [5.41, 5.74) is 1.71. The molecule has 0 radical (unpaired) electrons. The summed E-state index contributed by atoms with van der Waals surface area (Å²) in [5, 5.41) is 11.7. The minimum absolute atomic E-state index is 0.116. The molecule has 1 N–H and O–H groups in total. The highest BCUT2D eigenvalue weighted by molar-refractivity contribution is 6.33. The van der Waals surface area contributed by atoms with Crippen molar-refractivity contribution < 1.29 is 4.79 Å². The number of nitrogens with one attached hydrogen (secondary N) is 1. The lowest BCUT2D eigenvalue weighted by Crippen LogP contribution is -2.42. The number of carbonyl (C=O) groups excluding carboxylic acids is 1. The number of benzene rings is 1. The van der Waals surface area contributed by atoms with Gasteiger partial charge in [-0.05, 0) is 44.4 Å². The second-order valence-electron chi connectivity index (χ2n) is 6.17. The highest BCUT2D eigenvalue weighted by Crippen LogP contribution is 2.27. The van der Waals surface area contributed by atoms with Gasteiger partial charge in [-0.15, -0.1) is 10.2 Å². The third-order valence-corrected chi connectivity index (χ3v) is 4.75. The van der Waals surface area contributed by atoms with Crippen molar-refractivity contribution >= 4 is 23.3 Å². The third-order valence-electron chi connectivity index (χ3n) is 4.42. The summed E-state index contributed by atoms with van der Waals surface area (Å²) in [6, 6.07) is 5.49. The van der Waals surface area contributed by atoms with Gasteiger partial charge in [0.25, 0.3) is 0 Å². The largest absolute Gasteiger partial charge is 0.324 e. The number of aryl methyl sites for hydroxylation is 2. The van der Waals surface area contributed by atoms with Gasteiger partial charge in [-0.1, -0.05) is 17.7 Å². The molecule has 1 atom stereocenters. The summed E-state index contributed by atoms with van der Waals surface area (Å²) < 4.78 is 2.05. The highest BCUT2D eigenvalue weighted by atomic mass is 35.5. The van der Waals surface area contributed by atoms with Crippen molar-refractivity contribution in [1.29, 1.82) is 0 Å². The van der Waals surface area contributed by atoms with Gasteiger partial charge in [-0.3, -0.25) is 0 Å². The number of carbonyl (C=O) groups is 1. The molecule has 0 spiro atoms. The number of urea groups is 1. The van der Waals surface area contributed by atoms with Gasteiger partial charge in [0.15, 0.2) is 0 Å². The van der Waals surface area contributed by atoms with Crippen molar-refractivity contribution in [1.82, 2.24) is 19.7 Å². The number of halogens is 1. The van der Waals surface area contributed by atoms with E-state index in [1.807, 2.05) is 28.5 Å². The first-order chi connectivity index (χ1) is 11.6. The topological polar surface area (TPSA) is 63.1 Å². The Morgan fingerprint density at radius 2 is 2.29 bits per heavy atom. The number of nitrogens with zero attached hydrogens (tertiary/aromatic N) is 4. The quantitative estimate of drug-likeness (QED) is 0.921. The lowest BCUT2D eigenvalue weighted by atomic mass is 9.97. The van der Waals surface area contributed by atoms with Crippen LogP contribution < -0.4 is 5.32 Å². The van der Waals surface area contributed by atoms with Crippen molar-refractivity contribution in [3.05, 3.63) is 40.9 Å². The van der Waals surface area contributed by atoms with E-state index in [1.54, 1.807) is 12.4 Å². The molecule has 24 heavy (non-hydrogen) atoms. The minimum atomic E-state index is -0.116. The van der Waals surface area contributed by atoms with E-state index in [-0.39, 0.29) is 11.9 Å². The lowest BCUT2D eigenvalue weighted by Gasteiger charge is -2.32. The minimum Gasteiger partial charge on any atom is -0.324 e. The molecule has 1 aromatic heterocycles. The maximum absolute atomic E-state index is 12.6. The third kappa shape index (κ3) is 3.53. The predicted octanol–water partition coefficient (Wildman–Crippen LogP) is 3.67. The van der Waals surface area contributed by atoms with Gasteiger partial charge in [0.1, 0.15) is 12.2 Å². The van der Waals surface area contributed by atoms with E-state index in [4.69, 9.17) is 11.6 Å². The molecule has 0 saturated carbocycles. The van der Waals surface area contributed by atoms with E-state index in [2.05, 4.69) is 22.4 Å². The van der Waals surface area contributed by atoms with Crippen LogP contribution in [0.2, 0.25) is 5.02 Å². The van der Waals surface area contributed by atoms with E-state index < -0.39 is 0 Å². The number of piperidine rings is 1. The van der Waals surface area contributed by atoms with Gasteiger partial charge in [0, 0.05) is 25.6 Å².